The van der Waals surface area contributed by atoms with Crippen LogP contribution in [0.25, 0.3) is 0 Å². The number of hydrogen-bond acceptors (Lipinski definition) is 1. The molecule has 0 saturated heterocycles. The molecule has 78 valence electrons. The topological polar surface area (TPSA) is 13.1 Å². The van der Waals surface area contributed by atoms with Gasteiger partial charge in [-0.15, -0.1) is 0 Å². The molecular weight excluding hydrogens is 252 g/mol. The summed E-state index contributed by atoms with van der Waals surface area (Å²) in [7, 11) is 0. The molecule has 1 aromatic carbocycles. The van der Waals surface area contributed by atoms with Crippen molar-refractivity contribution in [1.82, 2.24) is 0 Å². The number of halogens is 1. The molecule has 0 saturated carbocycles. The first kappa shape index (κ1) is 10.5. The molecule has 1 atom stereocenters. The van der Waals surface area contributed by atoms with Crippen molar-refractivity contribution >= 4 is 15.9 Å². The van der Waals surface area contributed by atoms with Gasteiger partial charge in [-0.2, -0.15) is 0 Å². The van der Waals surface area contributed by atoms with Gasteiger partial charge in [-0.3, -0.25) is 0 Å². The van der Waals surface area contributed by atoms with Crippen LogP contribution in [0.4, 0.5) is 0 Å². The Morgan fingerprint density at radius 2 is 2.07 bits per heavy atom. The lowest BCUT2D eigenvalue weighted by molar-refractivity contribution is 0.563. The second-order valence-corrected chi connectivity index (χ2v) is 4.76. The van der Waals surface area contributed by atoms with Gasteiger partial charge in [0.25, 0.3) is 0 Å². The minimum absolute atomic E-state index is 0.331. The van der Waals surface area contributed by atoms with E-state index < -0.39 is 0 Å². The van der Waals surface area contributed by atoms with Crippen LogP contribution >= 0.6 is 15.9 Å². The minimum Gasteiger partial charge on any atom is -0.472 e. The molecule has 0 spiro atoms. The van der Waals surface area contributed by atoms with Gasteiger partial charge in [-0.05, 0) is 30.5 Å². The molecule has 15 heavy (non-hydrogen) atoms. The molecule has 0 fully saturated rings. The zero-order chi connectivity index (χ0) is 10.7. The van der Waals surface area contributed by atoms with Gasteiger partial charge in [-0.25, -0.2) is 0 Å². The maximum atomic E-state index is 5.07. The van der Waals surface area contributed by atoms with E-state index >= 15 is 0 Å². The summed E-state index contributed by atoms with van der Waals surface area (Å²) >= 11 is 3.68. The summed E-state index contributed by atoms with van der Waals surface area (Å²) in [6.45, 7) is 2.14. The van der Waals surface area contributed by atoms with Crippen LogP contribution in [0.3, 0.4) is 0 Å². The van der Waals surface area contributed by atoms with Crippen LogP contribution in [0.2, 0.25) is 0 Å². The smallest absolute Gasteiger partial charge is 0.0946 e. The molecule has 1 nitrogen and oxygen atoms in total. The lowest BCUT2D eigenvalue weighted by Crippen LogP contribution is -1.95. The van der Waals surface area contributed by atoms with E-state index in [2.05, 4.69) is 47.1 Å². The average molecular weight is 265 g/mol. The predicted molar refractivity (Wildman–Crippen MR) is 65.3 cm³/mol. The van der Waals surface area contributed by atoms with E-state index in [-0.39, 0.29) is 0 Å². The molecule has 0 bridgehead atoms. The van der Waals surface area contributed by atoms with E-state index in [1.807, 2.05) is 6.07 Å². The molecule has 0 radical (unpaired) electrons. The van der Waals surface area contributed by atoms with Crippen molar-refractivity contribution in [3.8, 4) is 0 Å². The fourth-order valence-corrected chi connectivity index (χ4v) is 2.21. The van der Waals surface area contributed by atoms with E-state index in [0.29, 0.717) is 4.83 Å². The number of rotatable bonds is 3. The summed E-state index contributed by atoms with van der Waals surface area (Å²) in [5.74, 6) is 0. The molecule has 1 unspecified atom stereocenters. The fraction of sp³-hybridized carbons (Fsp3) is 0.231. The number of hydrogen-bond donors (Lipinski definition) is 0. The van der Waals surface area contributed by atoms with Crippen LogP contribution in [0, 0.1) is 6.92 Å². The second-order valence-electron chi connectivity index (χ2n) is 3.65. The van der Waals surface area contributed by atoms with Crippen molar-refractivity contribution in [2.75, 3.05) is 0 Å². The van der Waals surface area contributed by atoms with Gasteiger partial charge >= 0.3 is 0 Å². The minimum atomic E-state index is 0.331. The monoisotopic (exact) mass is 264 g/mol. The van der Waals surface area contributed by atoms with Crippen LogP contribution in [0.15, 0.2) is 47.3 Å². The number of alkyl halides is 1. The zero-order valence-corrected chi connectivity index (χ0v) is 10.2. The Labute approximate surface area is 98.2 Å². The highest BCUT2D eigenvalue weighted by atomic mass is 79.9. The largest absolute Gasteiger partial charge is 0.472 e. The van der Waals surface area contributed by atoms with Crippen molar-refractivity contribution in [3.63, 3.8) is 0 Å². The second kappa shape index (κ2) is 4.67. The molecule has 2 aromatic rings. The normalized spacial score (nSPS) is 12.7. The van der Waals surface area contributed by atoms with Crippen molar-refractivity contribution in [3.05, 3.63) is 59.5 Å². The van der Waals surface area contributed by atoms with Gasteiger partial charge in [0.15, 0.2) is 0 Å². The van der Waals surface area contributed by atoms with Gasteiger partial charge in [0, 0.05) is 10.4 Å². The van der Waals surface area contributed by atoms with Gasteiger partial charge in [0.05, 0.1) is 12.5 Å². The summed E-state index contributed by atoms with van der Waals surface area (Å²) in [6, 6.07) is 10.5. The van der Waals surface area contributed by atoms with E-state index in [1.165, 1.54) is 16.7 Å². The first-order valence-corrected chi connectivity index (χ1v) is 5.89. The van der Waals surface area contributed by atoms with Crippen molar-refractivity contribution in [1.29, 1.82) is 0 Å². The quantitative estimate of drug-likeness (QED) is 0.755. The van der Waals surface area contributed by atoms with Crippen molar-refractivity contribution in [2.45, 2.75) is 18.2 Å². The number of benzene rings is 1. The maximum absolute atomic E-state index is 5.07. The average Bonchev–Trinajstić information content (AvgIpc) is 2.74. The Morgan fingerprint density at radius 3 is 2.73 bits per heavy atom. The maximum Gasteiger partial charge on any atom is 0.0946 e. The standard InChI is InChI=1S/C13H13BrO/c1-10-4-2-3-5-11(10)8-13(14)12-6-7-15-9-12/h2-7,9,13H,8H2,1H3. The highest BCUT2D eigenvalue weighted by Gasteiger charge is 2.10. The van der Waals surface area contributed by atoms with E-state index in [0.717, 1.165) is 6.42 Å². The predicted octanol–water partition coefficient (Wildman–Crippen LogP) is 4.27. The third-order valence-corrected chi connectivity index (χ3v) is 3.42. The summed E-state index contributed by atoms with van der Waals surface area (Å²) in [6.07, 6.45) is 4.49. The van der Waals surface area contributed by atoms with Crippen LogP contribution in [0.1, 0.15) is 21.5 Å². The summed E-state index contributed by atoms with van der Waals surface area (Å²) in [4.78, 5) is 0.331. The SMILES string of the molecule is Cc1ccccc1CC(Br)c1ccoc1. The molecule has 0 aliphatic carbocycles. The highest BCUT2D eigenvalue weighted by Crippen LogP contribution is 2.28. The first-order valence-electron chi connectivity index (χ1n) is 4.98. The van der Waals surface area contributed by atoms with Gasteiger partial charge < -0.3 is 4.42 Å². The molecule has 0 N–H and O–H groups in total. The van der Waals surface area contributed by atoms with Gasteiger partial charge in [0.1, 0.15) is 0 Å². The Morgan fingerprint density at radius 1 is 1.27 bits per heavy atom. The number of aryl methyl sites for hydroxylation is 1. The Kier molecular flexibility index (Phi) is 3.27. The van der Waals surface area contributed by atoms with E-state index in [1.54, 1.807) is 12.5 Å². The molecular formula is C13H13BrO. The third kappa shape index (κ3) is 2.51. The molecule has 0 aliphatic heterocycles. The lowest BCUT2D eigenvalue weighted by Gasteiger charge is -2.09. The molecule has 2 rings (SSSR count). The Bertz CT molecular complexity index is 420. The lowest BCUT2D eigenvalue weighted by atomic mass is 10.0. The number of furan rings is 1. The third-order valence-electron chi connectivity index (χ3n) is 2.57. The van der Waals surface area contributed by atoms with E-state index in [4.69, 9.17) is 4.42 Å². The molecule has 2 heteroatoms. The van der Waals surface area contributed by atoms with Gasteiger partial charge in [0.2, 0.25) is 0 Å². The van der Waals surface area contributed by atoms with Crippen molar-refractivity contribution < 1.29 is 4.42 Å². The first-order chi connectivity index (χ1) is 7.27. The summed E-state index contributed by atoms with van der Waals surface area (Å²) in [5.41, 5.74) is 3.91. The summed E-state index contributed by atoms with van der Waals surface area (Å²) < 4.78 is 5.07. The highest BCUT2D eigenvalue weighted by molar-refractivity contribution is 9.09. The molecule has 0 aliphatic rings. The zero-order valence-electron chi connectivity index (χ0n) is 8.61. The molecule has 1 heterocycles. The Hall–Kier alpha value is -1.02. The van der Waals surface area contributed by atoms with Gasteiger partial charge in [-0.1, -0.05) is 40.2 Å². The van der Waals surface area contributed by atoms with E-state index in [9.17, 15) is 0 Å². The van der Waals surface area contributed by atoms with Crippen LogP contribution in [-0.4, -0.2) is 0 Å². The van der Waals surface area contributed by atoms with Crippen LogP contribution in [-0.2, 0) is 6.42 Å². The van der Waals surface area contributed by atoms with Crippen LogP contribution in [0.5, 0.6) is 0 Å². The summed E-state index contributed by atoms with van der Waals surface area (Å²) in [5, 5.41) is 0. The molecule has 1 aromatic heterocycles. The van der Waals surface area contributed by atoms with Crippen LogP contribution < -0.4 is 0 Å². The molecule has 0 amide bonds. The van der Waals surface area contributed by atoms with Crippen molar-refractivity contribution in [2.24, 2.45) is 0 Å². The fourth-order valence-electron chi connectivity index (χ4n) is 1.60. The Balaban J connectivity index is 2.13.